The third-order valence-corrected chi connectivity index (χ3v) is 3.25. The first-order valence-corrected chi connectivity index (χ1v) is 6.32. The summed E-state index contributed by atoms with van der Waals surface area (Å²) in [6, 6.07) is 0. The lowest BCUT2D eigenvalue weighted by atomic mass is 10.0. The Morgan fingerprint density at radius 1 is 1.27 bits per heavy atom. The average Bonchev–Trinajstić information content (AvgIpc) is 2.32. The first-order valence-electron chi connectivity index (χ1n) is 6.32. The third-order valence-electron chi connectivity index (χ3n) is 3.25. The van der Waals surface area contributed by atoms with Gasteiger partial charge in [-0.05, 0) is 50.5 Å². The second-order valence-corrected chi connectivity index (χ2v) is 4.61. The Kier molecular flexibility index (Phi) is 4.68. The highest BCUT2D eigenvalue weighted by atomic mass is 16.5. The molecular formula is C13H22O2. The molecule has 0 saturated carbocycles. The predicted octanol–water partition coefficient (Wildman–Crippen LogP) is 3.07. The van der Waals surface area contributed by atoms with Gasteiger partial charge in [-0.15, -0.1) is 0 Å². The molecule has 0 spiro atoms. The Hall–Kier alpha value is -0.340. The summed E-state index contributed by atoms with van der Waals surface area (Å²) in [5, 5.41) is 0. The Bertz CT molecular complexity index is 205. The van der Waals surface area contributed by atoms with Crippen LogP contribution in [0.2, 0.25) is 0 Å². The van der Waals surface area contributed by atoms with Gasteiger partial charge in [0.2, 0.25) is 0 Å². The van der Waals surface area contributed by atoms with Crippen molar-refractivity contribution >= 4 is 0 Å². The number of ether oxygens (including phenoxy) is 2. The lowest BCUT2D eigenvalue weighted by molar-refractivity contribution is -0.0368. The van der Waals surface area contributed by atoms with Gasteiger partial charge in [-0.25, -0.2) is 0 Å². The van der Waals surface area contributed by atoms with Crippen molar-refractivity contribution in [3.05, 3.63) is 11.6 Å². The van der Waals surface area contributed by atoms with Crippen LogP contribution in [0.15, 0.2) is 11.6 Å². The molecule has 0 radical (unpaired) electrons. The lowest BCUT2D eigenvalue weighted by Crippen LogP contribution is -2.24. The summed E-state index contributed by atoms with van der Waals surface area (Å²) in [6.45, 7) is 2.55. The van der Waals surface area contributed by atoms with E-state index in [0.29, 0.717) is 6.10 Å². The fraction of sp³-hybridized carbons (Fsp3) is 0.846. The highest BCUT2D eigenvalue weighted by Gasteiger charge is 2.14. The van der Waals surface area contributed by atoms with Crippen LogP contribution in [-0.4, -0.2) is 25.9 Å². The Balaban J connectivity index is 1.59. The summed E-state index contributed by atoms with van der Waals surface area (Å²) in [5.74, 6) is 0. The zero-order chi connectivity index (χ0) is 10.3. The van der Waals surface area contributed by atoms with Gasteiger partial charge in [0.25, 0.3) is 0 Å². The molecule has 1 atom stereocenters. The quantitative estimate of drug-likeness (QED) is 0.664. The Morgan fingerprint density at radius 3 is 3.00 bits per heavy atom. The zero-order valence-electron chi connectivity index (χ0n) is 9.54. The van der Waals surface area contributed by atoms with Crippen LogP contribution in [0.1, 0.15) is 44.9 Å². The van der Waals surface area contributed by atoms with Gasteiger partial charge < -0.3 is 9.47 Å². The third kappa shape index (κ3) is 3.96. The number of allylic oxidation sites excluding steroid dienone is 1. The van der Waals surface area contributed by atoms with E-state index in [1.807, 2.05) is 0 Å². The summed E-state index contributed by atoms with van der Waals surface area (Å²) < 4.78 is 11.3. The maximum absolute atomic E-state index is 5.72. The maximum Gasteiger partial charge on any atom is 0.0808 e. The summed E-state index contributed by atoms with van der Waals surface area (Å²) >= 11 is 0. The number of hydrogen-bond donors (Lipinski definition) is 0. The molecule has 0 aromatic carbocycles. The molecule has 1 saturated heterocycles. The molecule has 1 aliphatic heterocycles. The second kappa shape index (κ2) is 6.29. The van der Waals surface area contributed by atoms with Crippen molar-refractivity contribution in [1.29, 1.82) is 0 Å². The van der Waals surface area contributed by atoms with Crippen molar-refractivity contribution in [2.24, 2.45) is 0 Å². The van der Waals surface area contributed by atoms with Gasteiger partial charge in [-0.2, -0.15) is 0 Å². The van der Waals surface area contributed by atoms with Gasteiger partial charge in [-0.1, -0.05) is 6.08 Å². The van der Waals surface area contributed by atoms with Crippen LogP contribution in [0, 0.1) is 0 Å². The van der Waals surface area contributed by atoms with Crippen molar-refractivity contribution in [3.63, 3.8) is 0 Å². The summed E-state index contributed by atoms with van der Waals surface area (Å²) in [6.07, 6.45) is 11.6. The standard InChI is InChI=1S/C13H22O2/c1-2-6-12(7-3-1)10-14-11-13-8-4-5-9-15-13/h6,13H,1-5,7-11H2. The van der Waals surface area contributed by atoms with Crippen LogP contribution in [0.4, 0.5) is 0 Å². The summed E-state index contributed by atoms with van der Waals surface area (Å²) in [4.78, 5) is 0. The summed E-state index contributed by atoms with van der Waals surface area (Å²) in [7, 11) is 0. The molecule has 2 rings (SSSR count). The number of hydrogen-bond acceptors (Lipinski definition) is 2. The monoisotopic (exact) mass is 210 g/mol. The topological polar surface area (TPSA) is 18.5 Å². The zero-order valence-corrected chi connectivity index (χ0v) is 9.54. The SMILES string of the molecule is C1=C(COCC2CCCCO2)CCCC1. The van der Waals surface area contributed by atoms with Crippen LogP contribution in [0.25, 0.3) is 0 Å². The van der Waals surface area contributed by atoms with Gasteiger partial charge in [0.15, 0.2) is 0 Å². The van der Waals surface area contributed by atoms with Crippen LogP contribution in [0.3, 0.4) is 0 Å². The molecule has 1 aliphatic carbocycles. The van der Waals surface area contributed by atoms with Crippen LogP contribution >= 0.6 is 0 Å². The van der Waals surface area contributed by atoms with Gasteiger partial charge in [0.1, 0.15) is 0 Å². The lowest BCUT2D eigenvalue weighted by Gasteiger charge is -2.23. The molecule has 1 fully saturated rings. The summed E-state index contributed by atoms with van der Waals surface area (Å²) in [5.41, 5.74) is 1.50. The molecule has 0 amide bonds. The highest BCUT2D eigenvalue weighted by molar-refractivity contribution is 5.05. The van der Waals surface area contributed by atoms with Crippen molar-refractivity contribution in [2.45, 2.75) is 51.0 Å². The van der Waals surface area contributed by atoms with E-state index in [9.17, 15) is 0 Å². The predicted molar refractivity (Wildman–Crippen MR) is 61.0 cm³/mol. The van der Waals surface area contributed by atoms with E-state index in [4.69, 9.17) is 9.47 Å². The molecule has 1 heterocycles. The van der Waals surface area contributed by atoms with Crippen LogP contribution in [0.5, 0.6) is 0 Å². The number of rotatable bonds is 4. The normalized spacial score (nSPS) is 27.5. The fourth-order valence-corrected chi connectivity index (χ4v) is 2.30. The van der Waals surface area contributed by atoms with E-state index >= 15 is 0 Å². The van der Waals surface area contributed by atoms with E-state index in [1.165, 1.54) is 50.5 Å². The molecule has 0 bridgehead atoms. The Morgan fingerprint density at radius 2 is 2.27 bits per heavy atom. The largest absolute Gasteiger partial charge is 0.376 e. The smallest absolute Gasteiger partial charge is 0.0808 e. The maximum atomic E-state index is 5.72. The van der Waals surface area contributed by atoms with Crippen molar-refractivity contribution in [3.8, 4) is 0 Å². The first kappa shape index (κ1) is 11.2. The minimum absolute atomic E-state index is 0.364. The van der Waals surface area contributed by atoms with E-state index in [2.05, 4.69) is 6.08 Å². The Labute approximate surface area is 92.6 Å². The molecule has 2 nitrogen and oxygen atoms in total. The van der Waals surface area contributed by atoms with E-state index in [1.54, 1.807) is 0 Å². The first-order chi connectivity index (χ1) is 7.45. The molecule has 15 heavy (non-hydrogen) atoms. The molecule has 0 aromatic heterocycles. The van der Waals surface area contributed by atoms with Crippen molar-refractivity contribution < 1.29 is 9.47 Å². The van der Waals surface area contributed by atoms with Gasteiger partial charge >= 0.3 is 0 Å². The van der Waals surface area contributed by atoms with Gasteiger partial charge in [-0.3, -0.25) is 0 Å². The molecule has 0 N–H and O–H groups in total. The van der Waals surface area contributed by atoms with Crippen molar-refractivity contribution in [1.82, 2.24) is 0 Å². The molecule has 0 aromatic rings. The van der Waals surface area contributed by atoms with Gasteiger partial charge in [0.05, 0.1) is 19.3 Å². The average molecular weight is 210 g/mol. The van der Waals surface area contributed by atoms with Gasteiger partial charge in [0, 0.05) is 6.61 Å². The van der Waals surface area contributed by atoms with Crippen LogP contribution < -0.4 is 0 Å². The van der Waals surface area contributed by atoms with E-state index < -0.39 is 0 Å². The molecule has 2 heteroatoms. The molecule has 2 aliphatic rings. The second-order valence-electron chi connectivity index (χ2n) is 4.61. The highest BCUT2D eigenvalue weighted by Crippen LogP contribution is 2.18. The minimum Gasteiger partial charge on any atom is -0.376 e. The fourth-order valence-electron chi connectivity index (χ4n) is 2.30. The van der Waals surface area contributed by atoms with Crippen molar-refractivity contribution in [2.75, 3.05) is 19.8 Å². The minimum atomic E-state index is 0.364. The molecule has 1 unspecified atom stereocenters. The molecule has 86 valence electrons. The van der Waals surface area contributed by atoms with E-state index in [-0.39, 0.29) is 0 Å². The van der Waals surface area contributed by atoms with E-state index in [0.717, 1.165) is 19.8 Å². The molecular weight excluding hydrogens is 188 g/mol. The van der Waals surface area contributed by atoms with Crippen LogP contribution in [-0.2, 0) is 9.47 Å².